The molecule has 3 aliphatic rings. The highest BCUT2D eigenvalue weighted by Gasteiger charge is 2.63. The molecule has 3 aliphatic heterocycles. The number of hydrogen-bond acceptors (Lipinski definition) is 10. The number of pyridine rings is 2. The predicted molar refractivity (Wildman–Crippen MR) is 265 cm³/mol. The van der Waals surface area contributed by atoms with Crippen LogP contribution in [0.5, 0.6) is 0 Å². The lowest BCUT2D eigenvalue weighted by atomic mass is 9.49. The maximum atomic E-state index is 8.94. The van der Waals surface area contributed by atoms with Gasteiger partial charge in [-0.3, -0.25) is 9.97 Å². The van der Waals surface area contributed by atoms with Gasteiger partial charge in [-0.15, -0.1) is 0 Å². The molecule has 0 unspecified atom stereocenters. The van der Waals surface area contributed by atoms with Crippen molar-refractivity contribution in [1.29, 1.82) is 10.5 Å². The molecule has 0 radical (unpaired) electrons. The molecule has 0 amide bonds. The van der Waals surface area contributed by atoms with Crippen molar-refractivity contribution in [2.75, 3.05) is 0 Å². The Hall–Kier alpha value is -3.75. The summed E-state index contributed by atoms with van der Waals surface area (Å²) in [5, 5.41) is 18.4. The van der Waals surface area contributed by atoms with Crippen molar-refractivity contribution >= 4 is 49.8 Å². The molecule has 0 N–H and O–H groups in total. The third kappa shape index (κ3) is 13.5. The fourth-order valence-electron chi connectivity index (χ4n) is 6.33. The van der Waals surface area contributed by atoms with E-state index in [0.29, 0.717) is 21.2 Å². The topological polar surface area (TPSA) is 129 Å². The number of rotatable bonds is 3. The highest BCUT2D eigenvalue weighted by atomic mass is 35.5. The molecule has 0 spiro atoms. The summed E-state index contributed by atoms with van der Waals surface area (Å²) >= 11 is 11.6. The molecule has 0 aliphatic carbocycles. The SMILES string of the molecule is CC(C)(C)c1ccc(-c2ccc(C(C)(C)C)cn2)nc1.CC1(C)OB(B2OC(C)(C)C(C)(C)O2)OC1(C)C.CC1(C)OB(c2cc(Cl)cc(C#N)c2)OC1(C)C.N#Cc1cccc(Cl)c1. The maximum Gasteiger partial charge on any atom is 0.494 e. The molecule has 2 aromatic heterocycles. The molecule has 2 aromatic carbocycles. The van der Waals surface area contributed by atoms with Gasteiger partial charge in [0.1, 0.15) is 0 Å². The first kappa shape index (κ1) is 53.9. The van der Waals surface area contributed by atoms with E-state index < -0.39 is 32.3 Å². The van der Waals surface area contributed by atoms with Gasteiger partial charge in [0.05, 0.1) is 68.3 Å². The average Bonchev–Trinajstić information content (AvgIpc) is 3.67. The number of halogens is 2. The minimum Gasteiger partial charge on any atom is -0.405 e. The second kappa shape index (κ2) is 19.8. The first-order chi connectivity index (χ1) is 29.6. The second-order valence-electron chi connectivity index (χ2n) is 21.7. The Balaban J connectivity index is 0.000000195. The van der Waals surface area contributed by atoms with Crippen LogP contribution >= 0.6 is 23.2 Å². The standard InChI is InChI=1S/C18H24N2.C13H15BClNO2.C12H24B2O4.C7H4ClN/c1-17(2,3)13-7-9-15(19-11-13)16-10-8-14(12-20-16)18(4,5)6;1-12(2)13(3,4)18-14(17-12)10-5-9(8-16)6-11(15)7-10;1-9(2)10(3,4)16-13(15-9)14-17-11(5,6)12(7,8)18-14;8-7-3-1-2-6(4-7)5-9/h7-12H,1-6H3;5-7H,1-4H3;1-8H3;1-4H. The van der Waals surface area contributed by atoms with Crippen molar-refractivity contribution in [3.63, 3.8) is 0 Å². The van der Waals surface area contributed by atoms with Crippen LogP contribution in [0.4, 0.5) is 0 Å². The monoisotopic (exact) mass is 922 g/mol. The van der Waals surface area contributed by atoms with Crippen LogP contribution < -0.4 is 5.46 Å². The van der Waals surface area contributed by atoms with Crippen LogP contribution in [0.25, 0.3) is 11.4 Å². The molecule has 65 heavy (non-hydrogen) atoms. The summed E-state index contributed by atoms with van der Waals surface area (Å²) in [6.07, 6.45) is 3.91. The minimum atomic E-state index is -0.485. The van der Waals surface area contributed by atoms with Crippen molar-refractivity contribution in [2.24, 2.45) is 0 Å². The van der Waals surface area contributed by atoms with Crippen molar-refractivity contribution < 1.29 is 27.9 Å². The summed E-state index contributed by atoms with van der Waals surface area (Å²) < 4.78 is 35.7. The van der Waals surface area contributed by atoms with Gasteiger partial charge in [0.15, 0.2) is 0 Å². The lowest BCUT2D eigenvalue weighted by Gasteiger charge is -2.32. The molecule has 5 heterocycles. The van der Waals surface area contributed by atoms with E-state index in [9.17, 15) is 0 Å². The summed E-state index contributed by atoms with van der Waals surface area (Å²) in [6.45, 7) is 37.3. The third-order valence-electron chi connectivity index (χ3n) is 12.8. The lowest BCUT2D eigenvalue weighted by Crippen LogP contribution is -2.41. The highest BCUT2D eigenvalue weighted by Crippen LogP contribution is 2.43. The van der Waals surface area contributed by atoms with Gasteiger partial charge in [-0.2, -0.15) is 10.5 Å². The van der Waals surface area contributed by atoms with E-state index in [1.807, 2.05) is 102 Å². The van der Waals surface area contributed by atoms with E-state index >= 15 is 0 Å². The van der Waals surface area contributed by atoms with Gasteiger partial charge in [0, 0.05) is 22.4 Å². The zero-order valence-electron chi connectivity index (χ0n) is 41.7. The quantitative estimate of drug-likeness (QED) is 0.183. The van der Waals surface area contributed by atoms with Crippen molar-refractivity contribution in [3.05, 3.63) is 111 Å². The van der Waals surface area contributed by atoms with E-state index in [1.165, 1.54) is 11.1 Å². The normalized spacial score (nSPS) is 19.6. The van der Waals surface area contributed by atoms with E-state index in [4.69, 9.17) is 61.7 Å². The van der Waals surface area contributed by atoms with Gasteiger partial charge in [-0.1, -0.05) is 82.9 Å². The van der Waals surface area contributed by atoms with Gasteiger partial charge >= 0.3 is 21.1 Å². The van der Waals surface area contributed by atoms with Crippen LogP contribution in [0.3, 0.4) is 0 Å². The number of nitriles is 2. The average molecular weight is 923 g/mol. The van der Waals surface area contributed by atoms with E-state index in [1.54, 1.807) is 42.5 Å². The largest absolute Gasteiger partial charge is 0.494 e. The molecule has 15 heteroatoms. The molecule has 7 rings (SSSR count). The molecule has 3 saturated heterocycles. The minimum absolute atomic E-state index is 0.134. The molecule has 346 valence electrons. The van der Waals surface area contributed by atoms with Crippen LogP contribution in [-0.2, 0) is 38.8 Å². The Morgan fingerprint density at radius 1 is 0.477 bits per heavy atom. The smallest absolute Gasteiger partial charge is 0.405 e. The molecule has 0 atom stereocenters. The fourth-order valence-corrected chi connectivity index (χ4v) is 6.76. The first-order valence-electron chi connectivity index (χ1n) is 22.0. The van der Waals surface area contributed by atoms with Crippen LogP contribution in [0.2, 0.25) is 10.0 Å². The van der Waals surface area contributed by atoms with E-state index in [2.05, 4.69) is 81.8 Å². The highest BCUT2D eigenvalue weighted by molar-refractivity contribution is 7.11. The maximum absolute atomic E-state index is 8.94. The number of nitrogens with zero attached hydrogens (tertiary/aromatic N) is 4. The number of hydrogen-bond donors (Lipinski definition) is 0. The first-order valence-corrected chi connectivity index (χ1v) is 22.8. The Bertz CT molecular complexity index is 2210. The molecular weight excluding hydrogens is 856 g/mol. The van der Waals surface area contributed by atoms with E-state index in [0.717, 1.165) is 16.9 Å². The zero-order chi connectivity index (χ0) is 49.2. The molecular formula is C50H67B3Cl2N4O6. The molecule has 10 nitrogen and oxygen atoms in total. The van der Waals surface area contributed by atoms with Gasteiger partial charge < -0.3 is 27.9 Å². The predicted octanol–water partition coefficient (Wildman–Crippen LogP) is 11.7. The summed E-state index contributed by atoms with van der Waals surface area (Å²) in [4.78, 5) is 9.09. The summed E-state index contributed by atoms with van der Waals surface area (Å²) in [5.41, 5.74) is 4.26. The summed E-state index contributed by atoms with van der Waals surface area (Å²) in [5.74, 6) is 0. The van der Waals surface area contributed by atoms with Crippen molar-refractivity contribution in [3.8, 4) is 23.5 Å². The van der Waals surface area contributed by atoms with Crippen LogP contribution in [0.15, 0.2) is 79.1 Å². The molecule has 3 fully saturated rings. The Morgan fingerprint density at radius 2 is 0.846 bits per heavy atom. The Kier molecular flexibility index (Phi) is 16.4. The van der Waals surface area contributed by atoms with Crippen molar-refractivity contribution in [2.45, 2.75) is 169 Å². The van der Waals surface area contributed by atoms with Gasteiger partial charge in [0.25, 0.3) is 0 Å². The van der Waals surface area contributed by atoms with E-state index in [-0.39, 0.29) is 33.2 Å². The Morgan fingerprint density at radius 3 is 1.15 bits per heavy atom. The summed E-state index contributed by atoms with van der Waals surface area (Å²) in [6, 6.07) is 24.4. The molecule has 0 saturated carbocycles. The van der Waals surface area contributed by atoms with Crippen molar-refractivity contribution in [1.82, 2.24) is 9.97 Å². The zero-order valence-corrected chi connectivity index (χ0v) is 43.2. The van der Waals surface area contributed by atoms with Crippen LogP contribution in [-0.4, -0.2) is 64.7 Å². The van der Waals surface area contributed by atoms with Gasteiger partial charge in [0.2, 0.25) is 0 Å². The van der Waals surface area contributed by atoms with Crippen LogP contribution in [0, 0.1) is 22.7 Å². The third-order valence-corrected chi connectivity index (χ3v) is 13.3. The number of benzene rings is 2. The summed E-state index contributed by atoms with van der Waals surface area (Å²) in [7, 11) is -1.44. The number of aromatic nitrogens is 2. The van der Waals surface area contributed by atoms with Crippen LogP contribution in [0.1, 0.15) is 147 Å². The molecule has 0 bridgehead atoms. The lowest BCUT2D eigenvalue weighted by molar-refractivity contribution is 0.00578. The second-order valence-corrected chi connectivity index (χ2v) is 22.6. The molecule has 4 aromatic rings. The van der Waals surface area contributed by atoms with Gasteiger partial charge in [-0.25, -0.2) is 0 Å². The van der Waals surface area contributed by atoms with Gasteiger partial charge in [-0.05, 0) is 159 Å². The fraction of sp³-hybridized carbons (Fsp3) is 0.520. The Labute approximate surface area is 400 Å².